The molecule has 1 atom stereocenters. The predicted octanol–water partition coefficient (Wildman–Crippen LogP) is 3.62. The molecule has 0 spiro atoms. The van der Waals surface area contributed by atoms with E-state index in [0.717, 1.165) is 5.75 Å². The molecule has 0 bridgehead atoms. The van der Waals surface area contributed by atoms with E-state index < -0.39 is 0 Å². The van der Waals surface area contributed by atoms with E-state index in [2.05, 4.69) is 59.0 Å². The number of aryl methyl sites for hydroxylation is 2. The molecule has 2 heteroatoms. The first kappa shape index (κ1) is 15.0. The van der Waals surface area contributed by atoms with Crippen molar-refractivity contribution in [2.75, 3.05) is 13.7 Å². The molecule has 0 amide bonds. The summed E-state index contributed by atoms with van der Waals surface area (Å²) in [5, 5.41) is 3.34. The minimum Gasteiger partial charge on any atom is -0.491 e. The molecule has 2 nitrogen and oxygen atoms in total. The Balaban J connectivity index is 2.83. The van der Waals surface area contributed by atoms with Gasteiger partial charge in [0.05, 0.1) is 0 Å². The van der Waals surface area contributed by atoms with E-state index in [0.29, 0.717) is 12.6 Å². The summed E-state index contributed by atoms with van der Waals surface area (Å²) in [4.78, 5) is 0. The molecule has 0 radical (unpaired) electrons. The number of rotatable bonds is 4. The van der Waals surface area contributed by atoms with Crippen molar-refractivity contribution in [1.82, 2.24) is 5.32 Å². The van der Waals surface area contributed by atoms with Crippen LogP contribution < -0.4 is 10.1 Å². The molecule has 1 rings (SSSR count). The van der Waals surface area contributed by atoms with Crippen LogP contribution in [0.3, 0.4) is 0 Å². The zero-order valence-corrected chi connectivity index (χ0v) is 12.8. The summed E-state index contributed by atoms with van der Waals surface area (Å²) in [6.45, 7) is 13.7. The SMILES string of the molecule is CNC(COc1c(C)ccc(C)c1C)C(C)(C)C. The average Bonchev–Trinajstić information content (AvgIpc) is 2.27. The van der Waals surface area contributed by atoms with Crippen LogP contribution in [0.15, 0.2) is 12.1 Å². The molecular formula is C16H27NO. The lowest BCUT2D eigenvalue weighted by Crippen LogP contribution is -2.42. The summed E-state index contributed by atoms with van der Waals surface area (Å²) < 4.78 is 6.07. The van der Waals surface area contributed by atoms with Gasteiger partial charge >= 0.3 is 0 Å². The lowest BCUT2D eigenvalue weighted by atomic mass is 9.87. The number of hydrogen-bond acceptors (Lipinski definition) is 2. The predicted molar refractivity (Wildman–Crippen MR) is 78.5 cm³/mol. The van der Waals surface area contributed by atoms with E-state index >= 15 is 0 Å². The average molecular weight is 249 g/mol. The molecule has 0 aliphatic heterocycles. The number of likely N-dealkylation sites (N-methyl/N-ethyl adjacent to an activating group) is 1. The maximum atomic E-state index is 6.07. The summed E-state index contributed by atoms with van der Waals surface area (Å²) in [5.74, 6) is 1.04. The molecule has 1 aromatic carbocycles. The van der Waals surface area contributed by atoms with E-state index in [9.17, 15) is 0 Å². The third-order valence-corrected chi connectivity index (χ3v) is 3.66. The fourth-order valence-electron chi connectivity index (χ4n) is 2.08. The summed E-state index contributed by atoms with van der Waals surface area (Å²) in [7, 11) is 2.00. The van der Waals surface area contributed by atoms with Crippen molar-refractivity contribution in [2.24, 2.45) is 5.41 Å². The molecule has 0 saturated carbocycles. The monoisotopic (exact) mass is 249 g/mol. The van der Waals surface area contributed by atoms with Gasteiger partial charge in [-0.3, -0.25) is 0 Å². The lowest BCUT2D eigenvalue weighted by molar-refractivity contribution is 0.180. The summed E-state index contributed by atoms with van der Waals surface area (Å²) in [6.07, 6.45) is 0. The third-order valence-electron chi connectivity index (χ3n) is 3.66. The standard InChI is InChI=1S/C16H27NO/c1-11-8-9-12(2)15(13(11)3)18-10-14(17-7)16(4,5)6/h8-9,14,17H,10H2,1-7H3. The Labute approximate surface area is 112 Å². The Hall–Kier alpha value is -1.02. The Morgan fingerprint density at radius 1 is 1.11 bits per heavy atom. The second-order valence-electron chi connectivity index (χ2n) is 6.17. The van der Waals surface area contributed by atoms with E-state index in [1.54, 1.807) is 0 Å². The quantitative estimate of drug-likeness (QED) is 0.880. The number of nitrogens with one attached hydrogen (secondary N) is 1. The number of benzene rings is 1. The first-order valence-electron chi connectivity index (χ1n) is 6.64. The largest absolute Gasteiger partial charge is 0.491 e. The van der Waals surface area contributed by atoms with Gasteiger partial charge in [-0.25, -0.2) is 0 Å². The van der Waals surface area contributed by atoms with Crippen LogP contribution in [0.1, 0.15) is 37.5 Å². The molecule has 0 aliphatic carbocycles. The van der Waals surface area contributed by atoms with E-state index in [-0.39, 0.29) is 5.41 Å². The van der Waals surface area contributed by atoms with Gasteiger partial charge in [0.2, 0.25) is 0 Å². The molecule has 0 heterocycles. The van der Waals surface area contributed by atoms with Crippen molar-refractivity contribution >= 4 is 0 Å². The van der Waals surface area contributed by atoms with Gasteiger partial charge in [0.25, 0.3) is 0 Å². The van der Waals surface area contributed by atoms with Crippen molar-refractivity contribution in [3.8, 4) is 5.75 Å². The van der Waals surface area contributed by atoms with Crippen LogP contribution in [0.2, 0.25) is 0 Å². The van der Waals surface area contributed by atoms with Gasteiger partial charge in [0.15, 0.2) is 0 Å². The Kier molecular flexibility index (Phi) is 4.80. The van der Waals surface area contributed by atoms with Crippen molar-refractivity contribution in [3.05, 3.63) is 28.8 Å². The second kappa shape index (κ2) is 5.75. The van der Waals surface area contributed by atoms with Gasteiger partial charge in [-0.2, -0.15) is 0 Å². The van der Waals surface area contributed by atoms with Crippen molar-refractivity contribution in [3.63, 3.8) is 0 Å². The zero-order chi connectivity index (χ0) is 13.9. The molecule has 0 saturated heterocycles. The highest BCUT2D eigenvalue weighted by molar-refractivity contribution is 5.44. The Morgan fingerprint density at radius 2 is 1.67 bits per heavy atom. The fraction of sp³-hybridized carbons (Fsp3) is 0.625. The topological polar surface area (TPSA) is 21.3 Å². The number of hydrogen-bond donors (Lipinski definition) is 1. The molecular weight excluding hydrogens is 222 g/mol. The maximum absolute atomic E-state index is 6.07. The number of ether oxygens (including phenoxy) is 1. The molecule has 0 fully saturated rings. The fourth-order valence-corrected chi connectivity index (χ4v) is 2.08. The van der Waals surface area contributed by atoms with Gasteiger partial charge in [0, 0.05) is 6.04 Å². The molecule has 0 aliphatic rings. The molecule has 18 heavy (non-hydrogen) atoms. The molecule has 1 unspecified atom stereocenters. The second-order valence-corrected chi connectivity index (χ2v) is 6.17. The molecule has 0 aromatic heterocycles. The van der Waals surface area contributed by atoms with Crippen LogP contribution in [0.25, 0.3) is 0 Å². The Bertz CT molecular complexity index is 404. The minimum atomic E-state index is 0.195. The Morgan fingerprint density at radius 3 is 2.17 bits per heavy atom. The van der Waals surface area contributed by atoms with Crippen molar-refractivity contribution in [2.45, 2.75) is 47.6 Å². The van der Waals surface area contributed by atoms with Crippen LogP contribution in [0, 0.1) is 26.2 Å². The molecule has 1 aromatic rings. The highest BCUT2D eigenvalue weighted by Crippen LogP contribution is 2.27. The van der Waals surface area contributed by atoms with E-state index in [1.165, 1.54) is 16.7 Å². The third kappa shape index (κ3) is 3.49. The van der Waals surface area contributed by atoms with Gasteiger partial charge in [0.1, 0.15) is 12.4 Å². The van der Waals surface area contributed by atoms with E-state index in [4.69, 9.17) is 4.74 Å². The van der Waals surface area contributed by atoms with Gasteiger partial charge in [-0.1, -0.05) is 32.9 Å². The van der Waals surface area contributed by atoms with E-state index in [1.807, 2.05) is 7.05 Å². The lowest BCUT2D eigenvalue weighted by Gasteiger charge is -2.30. The molecule has 102 valence electrons. The summed E-state index contributed by atoms with van der Waals surface area (Å²) >= 11 is 0. The first-order valence-corrected chi connectivity index (χ1v) is 6.64. The van der Waals surface area contributed by atoms with Crippen LogP contribution >= 0.6 is 0 Å². The molecule has 1 N–H and O–H groups in total. The first-order chi connectivity index (χ1) is 8.27. The maximum Gasteiger partial charge on any atom is 0.125 e. The van der Waals surface area contributed by atoms with Crippen LogP contribution in [0.4, 0.5) is 0 Å². The highest BCUT2D eigenvalue weighted by Gasteiger charge is 2.24. The van der Waals surface area contributed by atoms with Crippen LogP contribution in [-0.4, -0.2) is 19.7 Å². The smallest absolute Gasteiger partial charge is 0.125 e. The van der Waals surface area contributed by atoms with Gasteiger partial charge < -0.3 is 10.1 Å². The van der Waals surface area contributed by atoms with Crippen LogP contribution in [-0.2, 0) is 0 Å². The highest BCUT2D eigenvalue weighted by atomic mass is 16.5. The summed E-state index contributed by atoms with van der Waals surface area (Å²) in [6, 6.07) is 4.62. The van der Waals surface area contributed by atoms with Gasteiger partial charge in [-0.15, -0.1) is 0 Å². The van der Waals surface area contributed by atoms with Crippen molar-refractivity contribution < 1.29 is 4.74 Å². The summed E-state index contributed by atoms with van der Waals surface area (Å²) in [5.41, 5.74) is 3.94. The van der Waals surface area contributed by atoms with Crippen molar-refractivity contribution in [1.29, 1.82) is 0 Å². The zero-order valence-electron chi connectivity index (χ0n) is 12.8. The normalized spacial score (nSPS) is 13.5. The van der Waals surface area contributed by atoms with Crippen LogP contribution in [0.5, 0.6) is 5.75 Å². The minimum absolute atomic E-state index is 0.195. The van der Waals surface area contributed by atoms with Gasteiger partial charge in [-0.05, 0) is 49.9 Å².